The van der Waals surface area contributed by atoms with Crippen molar-refractivity contribution in [3.05, 3.63) is 0 Å². The van der Waals surface area contributed by atoms with E-state index >= 15 is 0 Å². The Kier molecular flexibility index (Phi) is 18.7. The van der Waals surface area contributed by atoms with Crippen molar-refractivity contribution in [1.29, 1.82) is 0 Å². The molecule has 0 saturated heterocycles. The first-order chi connectivity index (χ1) is 9.85. The number of hydrogen-bond donors (Lipinski definition) is 0. The summed E-state index contributed by atoms with van der Waals surface area (Å²) in [5, 5.41) is 0. The molecule has 0 unspecified atom stereocenters. The van der Waals surface area contributed by atoms with Crippen LogP contribution in [-0.2, 0) is 0 Å². The van der Waals surface area contributed by atoms with Gasteiger partial charge in [-0.05, 0) is 19.8 Å². The second kappa shape index (κ2) is 16.7. The second-order valence-corrected chi connectivity index (χ2v) is 7.14. The molecule has 0 amide bonds. The number of hydrogen-bond acceptors (Lipinski definition) is 3. The van der Waals surface area contributed by atoms with Crippen LogP contribution in [0.25, 0.3) is 0 Å². The van der Waals surface area contributed by atoms with Crippen molar-refractivity contribution in [2.24, 2.45) is 0 Å². The molecule has 0 bridgehead atoms. The fraction of sp³-hybridized carbons (Fsp3) is 1.00. The van der Waals surface area contributed by atoms with Crippen molar-refractivity contribution in [3.63, 3.8) is 0 Å². The summed E-state index contributed by atoms with van der Waals surface area (Å²) in [4.78, 5) is 0. The molecule has 0 aromatic rings. The van der Waals surface area contributed by atoms with Gasteiger partial charge in [-0.1, -0.05) is 58.3 Å². The van der Waals surface area contributed by atoms with E-state index in [2.05, 4.69) is 27.9 Å². The SMILES string of the molecule is CCCCCCCCCCCC[N+](C)(C)CC.[O-][Br+2]([O-])[O-]. The van der Waals surface area contributed by atoms with Gasteiger partial charge in [0.15, 0.2) is 0 Å². The van der Waals surface area contributed by atoms with Gasteiger partial charge >= 0.3 is 0 Å². The summed E-state index contributed by atoms with van der Waals surface area (Å²) in [6, 6.07) is 0. The maximum absolute atomic E-state index is 8.52. The summed E-state index contributed by atoms with van der Waals surface area (Å²) in [6.45, 7) is 7.19. The Morgan fingerprint density at radius 2 is 1.00 bits per heavy atom. The van der Waals surface area contributed by atoms with Crippen molar-refractivity contribution in [2.45, 2.75) is 78.1 Å². The first-order valence-electron chi connectivity index (χ1n) is 8.40. The maximum Gasteiger partial charge on any atom is 0.216 e. The molecule has 0 heterocycles. The van der Waals surface area contributed by atoms with Crippen molar-refractivity contribution < 1.29 is 31.9 Å². The normalized spacial score (nSPS) is 11.4. The molecular weight excluding hydrogens is 334 g/mol. The number of unbranched alkanes of at least 4 members (excludes halogenated alkanes) is 9. The van der Waals surface area contributed by atoms with Crippen LogP contribution in [0.4, 0.5) is 0 Å². The Morgan fingerprint density at radius 3 is 1.33 bits per heavy atom. The van der Waals surface area contributed by atoms with Crippen molar-refractivity contribution in [2.75, 3.05) is 27.2 Å². The van der Waals surface area contributed by atoms with E-state index < -0.39 is 14.8 Å². The Balaban J connectivity index is 0. The third-order valence-corrected chi connectivity index (χ3v) is 3.97. The lowest BCUT2D eigenvalue weighted by molar-refractivity contribution is -1.73. The Labute approximate surface area is 137 Å². The fourth-order valence-electron chi connectivity index (χ4n) is 2.19. The van der Waals surface area contributed by atoms with Crippen LogP contribution in [0.5, 0.6) is 0 Å². The highest BCUT2D eigenvalue weighted by Crippen LogP contribution is 2.11. The molecule has 0 atom stereocenters. The highest BCUT2D eigenvalue weighted by Gasteiger charge is 2.09. The second-order valence-electron chi connectivity index (χ2n) is 6.35. The van der Waals surface area contributed by atoms with Gasteiger partial charge in [-0.2, -0.15) is 0 Å². The number of nitrogens with zero attached hydrogens (tertiary/aromatic N) is 1. The summed E-state index contributed by atoms with van der Waals surface area (Å²) in [7, 11) is 4.68. The van der Waals surface area contributed by atoms with Crippen LogP contribution in [-0.4, -0.2) is 31.7 Å². The predicted octanol–water partition coefficient (Wildman–Crippen LogP) is 1.44. The summed E-state index contributed by atoms with van der Waals surface area (Å²) in [6.07, 6.45) is 14.4. The average molecular weight is 370 g/mol. The average Bonchev–Trinajstić information content (AvgIpc) is 2.40. The highest BCUT2D eigenvalue weighted by atomic mass is 80.0. The van der Waals surface area contributed by atoms with E-state index in [0.29, 0.717) is 0 Å². The zero-order valence-electron chi connectivity index (χ0n) is 14.5. The molecule has 0 aliphatic carbocycles. The molecule has 0 N–H and O–H groups in total. The molecule has 5 heteroatoms. The molecule has 0 aromatic heterocycles. The molecule has 0 aliphatic heterocycles. The Hall–Kier alpha value is 0.320. The lowest BCUT2D eigenvalue weighted by Gasteiger charge is -2.28. The molecule has 0 spiro atoms. The third kappa shape index (κ3) is 25.6. The monoisotopic (exact) mass is 369 g/mol. The molecule has 21 heavy (non-hydrogen) atoms. The van der Waals surface area contributed by atoms with Gasteiger partial charge in [-0.25, -0.2) is 0 Å². The smallest absolute Gasteiger partial charge is 0.216 e. The van der Waals surface area contributed by atoms with Crippen LogP contribution >= 0.6 is 0 Å². The highest BCUT2D eigenvalue weighted by molar-refractivity contribution is 4.47. The molecule has 0 aromatic carbocycles. The van der Waals surface area contributed by atoms with Gasteiger partial charge in [0.05, 0.1) is 27.2 Å². The fourth-order valence-corrected chi connectivity index (χ4v) is 2.19. The number of rotatable bonds is 12. The topological polar surface area (TPSA) is 69.2 Å². The standard InChI is InChI=1S/C16H36N.BrO3/c1-5-7-8-9-10-11-12-13-14-15-16-17(3,4)6-2;2-1(3)4/h5-16H2,1-4H3;/q+1;-1. The summed E-state index contributed by atoms with van der Waals surface area (Å²) < 4.78 is 26.8. The van der Waals surface area contributed by atoms with Crippen LogP contribution in [0.1, 0.15) is 78.1 Å². The van der Waals surface area contributed by atoms with E-state index in [1.807, 2.05) is 0 Å². The van der Waals surface area contributed by atoms with Crippen molar-refractivity contribution in [1.82, 2.24) is 0 Å². The Bertz CT molecular complexity index is 199. The molecule has 0 aliphatic rings. The van der Waals surface area contributed by atoms with E-state index in [9.17, 15) is 0 Å². The molecular formula is C16H36BrNO3. The molecule has 0 saturated carbocycles. The Morgan fingerprint density at radius 1 is 0.667 bits per heavy atom. The van der Waals surface area contributed by atoms with E-state index in [4.69, 9.17) is 12.6 Å². The van der Waals surface area contributed by atoms with E-state index in [0.717, 1.165) is 0 Å². The van der Waals surface area contributed by atoms with E-state index in [-0.39, 0.29) is 0 Å². The van der Waals surface area contributed by atoms with Crippen molar-refractivity contribution >= 4 is 0 Å². The first kappa shape index (κ1) is 23.6. The maximum atomic E-state index is 8.52. The summed E-state index contributed by atoms with van der Waals surface area (Å²) in [5.41, 5.74) is 0. The lowest BCUT2D eigenvalue weighted by Crippen LogP contribution is -2.42. The zero-order chi connectivity index (χ0) is 16.6. The summed E-state index contributed by atoms with van der Waals surface area (Å²) >= 11 is -3.65. The molecule has 4 nitrogen and oxygen atoms in total. The number of quaternary nitrogens is 1. The van der Waals surface area contributed by atoms with Crippen LogP contribution in [0, 0.1) is 14.8 Å². The van der Waals surface area contributed by atoms with Crippen LogP contribution in [0.2, 0.25) is 0 Å². The van der Waals surface area contributed by atoms with Gasteiger partial charge in [0, 0.05) is 0 Å². The predicted molar refractivity (Wildman–Crippen MR) is 79.4 cm³/mol. The number of halogens is 1. The zero-order valence-corrected chi connectivity index (χ0v) is 16.1. The van der Waals surface area contributed by atoms with Gasteiger partial charge in [0.2, 0.25) is 14.8 Å². The first-order valence-corrected chi connectivity index (χ1v) is 10.3. The minimum absolute atomic E-state index is 1.19. The van der Waals surface area contributed by atoms with Gasteiger partial charge in [0.25, 0.3) is 0 Å². The van der Waals surface area contributed by atoms with Crippen LogP contribution < -0.4 is 12.6 Å². The van der Waals surface area contributed by atoms with E-state index in [1.165, 1.54) is 81.8 Å². The minimum atomic E-state index is -3.65. The van der Waals surface area contributed by atoms with Gasteiger partial charge < -0.3 is 17.1 Å². The molecule has 0 radical (unpaired) electrons. The van der Waals surface area contributed by atoms with Crippen LogP contribution in [0.15, 0.2) is 0 Å². The summed E-state index contributed by atoms with van der Waals surface area (Å²) in [5.74, 6) is 0. The minimum Gasteiger partial charge on any atom is -0.405 e. The largest absolute Gasteiger partial charge is 0.405 e. The quantitative estimate of drug-likeness (QED) is 0.386. The molecule has 0 rings (SSSR count). The van der Waals surface area contributed by atoms with Gasteiger partial charge in [-0.15, -0.1) is 0 Å². The molecule has 0 fully saturated rings. The van der Waals surface area contributed by atoms with E-state index in [1.54, 1.807) is 0 Å². The van der Waals surface area contributed by atoms with Gasteiger partial charge in [-0.3, -0.25) is 0 Å². The van der Waals surface area contributed by atoms with Crippen LogP contribution in [0.3, 0.4) is 0 Å². The molecule has 130 valence electrons. The third-order valence-electron chi connectivity index (χ3n) is 3.97. The van der Waals surface area contributed by atoms with Gasteiger partial charge in [0.1, 0.15) is 0 Å². The lowest BCUT2D eigenvalue weighted by atomic mass is 10.1. The van der Waals surface area contributed by atoms with Crippen molar-refractivity contribution in [3.8, 4) is 0 Å².